The SMILES string of the molecule is Cc1cc(Oc2cccc(F)c2F)c(C(=O)O)c(C)n1. The van der Waals surface area contributed by atoms with Crippen molar-refractivity contribution >= 4 is 5.97 Å². The highest BCUT2D eigenvalue weighted by Crippen LogP contribution is 2.30. The van der Waals surface area contributed by atoms with Crippen molar-refractivity contribution in [2.45, 2.75) is 13.8 Å². The lowest BCUT2D eigenvalue weighted by molar-refractivity contribution is 0.0692. The van der Waals surface area contributed by atoms with Gasteiger partial charge in [-0.2, -0.15) is 4.39 Å². The van der Waals surface area contributed by atoms with Crippen LogP contribution in [0.25, 0.3) is 0 Å². The highest BCUT2D eigenvalue weighted by Gasteiger charge is 2.19. The molecule has 1 N–H and O–H groups in total. The van der Waals surface area contributed by atoms with Gasteiger partial charge in [0.25, 0.3) is 0 Å². The van der Waals surface area contributed by atoms with Gasteiger partial charge in [0.1, 0.15) is 11.3 Å². The molecule has 0 aliphatic heterocycles. The molecule has 6 heteroatoms. The largest absolute Gasteiger partial charge is 0.477 e. The van der Waals surface area contributed by atoms with Gasteiger partial charge in [-0.05, 0) is 26.0 Å². The number of ether oxygens (including phenoxy) is 1. The van der Waals surface area contributed by atoms with Crippen LogP contribution in [0.1, 0.15) is 21.7 Å². The molecule has 0 aliphatic rings. The maximum absolute atomic E-state index is 13.6. The van der Waals surface area contributed by atoms with Crippen molar-refractivity contribution in [3.8, 4) is 11.5 Å². The van der Waals surface area contributed by atoms with Crippen molar-refractivity contribution < 1.29 is 23.4 Å². The molecule has 0 radical (unpaired) electrons. The van der Waals surface area contributed by atoms with Crippen molar-refractivity contribution in [1.29, 1.82) is 0 Å². The van der Waals surface area contributed by atoms with Crippen LogP contribution >= 0.6 is 0 Å². The third kappa shape index (κ3) is 2.59. The number of aromatic carboxylic acids is 1. The summed E-state index contributed by atoms with van der Waals surface area (Å²) in [7, 11) is 0. The van der Waals surface area contributed by atoms with E-state index in [-0.39, 0.29) is 22.8 Å². The van der Waals surface area contributed by atoms with Gasteiger partial charge in [-0.3, -0.25) is 4.98 Å². The number of nitrogens with zero attached hydrogens (tertiary/aromatic N) is 1. The first-order chi connectivity index (χ1) is 9.40. The molecule has 0 unspecified atom stereocenters. The Labute approximate surface area is 113 Å². The van der Waals surface area contributed by atoms with E-state index in [0.29, 0.717) is 5.69 Å². The maximum Gasteiger partial charge on any atom is 0.341 e. The molecule has 0 bridgehead atoms. The first-order valence-corrected chi connectivity index (χ1v) is 5.73. The first-order valence-electron chi connectivity index (χ1n) is 5.73. The molecule has 1 aromatic carbocycles. The zero-order valence-corrected chi connectivity index (χ0v) is 10.8. The summed E-state index contributed by atoms with van der Waals surface area (Å²) < 4.78 is 31.9. The van der Waals surface area contributed by atoms with E-state index in [2.05, 4.69) is 4.98 Å². The Morgan fingerprint density at radius 2 is 1.95 bits per heavy atom. The summed E-state index contributed by atoms with van der Waals surface area (Å²) >= 11 is 0. The molecule has 0 saturated carbocycles. The van der Waals surface area contributed by atoms with Gasteiger partial charge in [0.15, 0.2) is 11.6 Å². The number of halogens is 2. The van der Waals surface area contributed by atoms with E-state index in [1.54, 1.807) is 6.92 Å². The fourth-order valence-corrected chi connectivity index (χ4v) is 1.81. The van der Waals surface area contributed by atoms with Crippen LogP contribution in [0.5, 0.6) is 11.5 Å². The number of rotatable bonds is 3. The lowest BCUT2D eigenvalue weighted by Gasteiger charge is -2.12. The van der Waals surface area contributed by atoms with E-state index in [9.17, 15) is 13.6 Å². The number of benzene rings is 1. The number of hydrogen-bond acceptors (Lipinski definition) is 3. The van der Waals surface area contributed by atoms with Gasteiger partial charge in [-0.1, -0.05) is 6.07 Å². The summed E-state index contributed by atoms with van der Waals surface area (Å²) in [5, 5.41) is 9.15. The third-order valence-corrected chi connectivity index (χ3v) is 2.64. The molecule has 1 aromatic heterocycles. The van der Waals surface area contributed by atoms with E-state index in [1.165, 1.54) is 25.1 Å². The lowest BCUT2D eigenvalue weighted by atomic mass is 10.1. The van der Waals surface area contributed by atoms with E-state index < -0.39 is 17.6 Å². The summed E-state index contributed by atoms with van der Waals surface area (Å²) in [6, 6.07) is 4.80. The molecule has 0 amide bonds. The van der Waals surface area contributed by atoms with E-state index >= 15 is 0 Å². The number of aromatic nitrogens is 1. The molecular formula is C14H11F2NO3. The number of pyridine rings is 1. The van der Waals surface area contributed by atoms with Crippen molar-refractivity contribution in [3.05, 3.63) is 52.9 Å². The van der Waals surface area contributed by atoms with Crippen molar-refractivity contribution in [2.75, 3.05) is 0 Å². The van der Waals surface area contributed by atoms with Crippen LogP contribution in [0.15, 0.2) is 24.3 Å². The first kappa shape index (κ1) is 13.9. The fourth-order valence-electron chi connectivity index (χ4n) is 1.81. The van der Waals surface area contributed by atoms with Crippen molar-refractivity contribution in [2.24, 2.45) is 0 Å². The second-order valence-electron chi connectivity index (χ2n) is 4.18. The van der Waals surface area contributed by atoms with Crippen LogP contribution in [0.4, 0.5) is 8.78 Å². The highest BCUT2D eigenvalue weighted by molar-refractivity contribution is 5.92. The van der Waals surface area contributed by atoms with Gasteiger partial charge in [-0.15, -0.1) is 0 Å². The molecule has 0 aliphatic carbocycles. The van der Waals surface area contributed by atoms with Gasteiger partial charge in [0.05, 0.1) is 5.69 Å². The van der Waals surface area contributed by atoms with Gasteiger partial charge in [0.2, 0.25) is 5.82 Å². The Morgan fingerprint density at radius 1 is 1.25 bits per heavy atom. The lowest BCUT2D eigenvalue weighted by Crippen LogP contribution is -2.06. The summed E-state index contributed by atoms with van der Waals surface area (Å²) in [5.41, 5.74) is 0.572. The summed E-state index contributed by atoms with van der Waals surface area (Å²) in [4.78, 5) is 15.2. The molecule has 0 saturated heterocycles. The Morgan fingerprint density at radius 3 is 2.60 bits per heavy atom. The van der Waals surface area contributed by atoms with E-state index in [0.717, 1.165) is 6.07 Å². The van der Waals surface area contributed by atoms with Crippen LogP contribution in [-0.2, 0) is 0 Å². The van der Waals surface area contributed by atoms with Gasteiger partial charge in [0, 0.05) is 11.8 Å². The molecular weight excluding hydrogens is 268 g/mol. The van der Waals surface area contributed by atoms with Crippen LogP contribution < -0.4 is 4.74 Å². The van der Waals surface area contributed by atoms with Crippen LogP contribution in [0, 0.1) is 25.5 Å². The molecule has 1 heterocycles. The summed E-state index contributed by atoms with van der Waals surface area (Å²) in [6.45, 7) is 3.15. The van der Waals surface area contributed by atoms with Crippen LogP contribution in [0.3, 0.4) is 0 Å². The minimum atomic E-state index is -1.25. The normalized spacial score (nSPS) is 10.4. The Kier molecular flexibility index (Phi) is 3.65. The van der Waals surface area contributed by atoms with Gasteiger partial charge < -0.3 is 9.84 Å². The number of carboxylic acid groups (broad SMARTS) is 1. The standard InChI is InChI=1S/C14H11F2NO3/c1-7-6-11(12(14(18)19)8(2)17-7)20-10-5-3-4-9(15)13(10)16/h3-6H,1-2H3,(H,18,19). The monoisotopic (exact) mass is 279 g/mol. The second kappa shape index (κ2) is 5.24. The van der Waals surface area contributed by atoms with Gasteiger partial charge in [-0.25, -0.2) is 9.18 Å². The predicted octanol–water partition coefficient (Wildman–Crippen LogP) is 3.47. The fraction of sp³-hybridized carbons (Fsp3) is 0.143. The molecule has 104 valence electrons. The molecule has 0 fully saturated rings. The topological polar surface area (TPSA) is 59.4 Å². The summed E-state index contributed by atoms with van der Waals surface area (Å²) in [6.07, 6.45) is 0. The van der Waals surface area contributed by atoms with Gasteiger partial charge >= 0.3 is 5.97 Å². The smallest absolute Gasteiger partial charge is 0.341 e. The minimum Gasteiger partial charge on any atom is -0.477 e. The Hall–Kier alpha value is -2.50. The molecule has 2 aromatic rings. The molecule has 0 spiro atoms. The number of aryl methyl sites for hydroxylation is 2. The average Bonchev–Trinajstić information content (AvgIpc) is 2.33. The Balaban J connectivity index is 2.53. The number of hydrogen-bond donors (Lipinski definition) is 1. The molecule has 20 heavy (non-hydrogen) atoms. The average molecular weight is 279 g/mol. The van der Waals surface area contributed by atoms with E-state index in [1.807, 2.05) is 0 Å². The maximum atomic E-state index is 13.6. The third-order valence-electron chi connectivity index (χ3n) is 2.64. The molecule has 2 rings (SSSR count). The van der Waals surface area contributed by atoms with Crippen molar-refractivity contribution in [3.63, 3.8) is 0 Å². The van der Waals surface area contributed by atoms with Crippen LogP contribution in [0.2, 0.25) is 0 Å². The number of carbonyl (C=O) groups is 1. The van der Waals surface area contributed by atoms with Crippen LogP contribution in [-0.4, -0.2) is 16.1 Å². The highest BCUT2D eigenvalue weighted by atomic mass is 19.2. The predicted molar refractivity (Wildman–Crippen MR) is 67.1 cm³/mol. The Bertz CT molecular complexity index is 686. The second-order valence-corrected chi connectivity index (χ2v) is 4.18. The molecule has 4 nitrogen and oxygen atoms in total. The molecule has 0 atom stereocenters. The quantitative estimate of drug-likeness (QED) is 0.934. The zero-order valence-electron chi connectivity index (χ0n) is 10.8. The summed E-state index contributed by atoms with van der Waals surface area (Å²) in [5.74, 6) is -3.94. The van der Waals surface area contributed by atoms with Crippen molar-refractivity contribution in [1.82, 2.24) is 4.98 Å². The zero-order chi connectivity index (χ0) is 14.9. The van der Waals surface area contributed by atoms with E-state index in [4.69, 9.17) is 9.84 Å². The minimum absolute atomic E-state index is 0.0769. The number of carboxylic acids is 1.